The predicted octanol–water partition coefficient (Wildman–Crippen LogP) is 0.672. The number of nitrogens with zero attached hydrogens (tertiary/aromatic N) is 1. The topological polar surface area (TPSA) is 78.9 Å². The van der Waals surface area contributed by atoms with E-state index >= 15 is 0 Å². The van der Waals surface area contributed by atoms with Crippen molar-refractivity contribution in [2.24, 2.45) is 5.92 Å². The second kappa shape index (κ2) is 6.04. The largest absolute Gasteiger partial charge is 0.481 e. The van der Waals surface area contributed by atoms with E-state index in [9.17, 15) is 9.59 Å². The zero-order valence-electron chi connectivity index (χ0n) is 10.4. The minimum absolute atomic E-state index is 0.0641. The van der Waals surface area contributed by atoms with E-state index in [0.717, 1.165) is 12.8 Å². The van der Waals surface area contributed by atoms with Crippen molar-refractivity contribution in [3.05, 3.63) is 0 Å². The first-order valence-corrected chi connectivity index (χ1v) is 6.53. The molecule has 0 spiro atoms. The molecule has 2 aliphatic rings. The number of carbonyl (C=O) groups excluding carboxylic acids is 1. The van der Waals surface area contributed by atoms with Gasteiger partial charge in [-0.2, -0.15) is 0 Å². The Bertz CT molecular complexity index is 307. The van der Waals surface area contributed by atoms with Gasteiger partial charge >= 0.3 is 12.0 Å². The van der Waals surface area contributed by atoms with Crippen LogP contribution in [0.15, 0.2) is 0 Å². The number of rotatable bonds is 2. The van der Waals surface area contributed by atoms with Crippen LogP contribution in [0.5, 0.6) is 0 Å². The van der Waals surface area contributed by atoms with Crippen molar-refractivity contribution < 1.29 is 19.4 Å². The fraction of sp³-hybridized carbons (Fsp3) is 0.833. The van der Waals surface area contributed by atoms with E-state index in [1.807, 2.05) is 0 Å². The van der Waals surface area contributed by atoms with Gasteiger partial charge in [0.2, 0.25) is 0 Å². The molecule has 6 nitrogen and oxygen atoms in total. The van der Waals surface area contributed by atoms with Crippen LogP contribution < -0.4 is 5.32 Å². The number of urea groups is 1. The van der Waals surface area contributed by atoms with Gasteiger partial charge in [-0.15, -0.1) is 0 Å². The maximum Gasteiger partial charge on any atom is 0.317 e. The van der Waals surface area contributed by atoms with E-state index in [-0.39, 0.29) is 18.0 Å². The first-order chi connectivity index (χ1) is 8.66. The highest BCUT2D eigenvalue weighted by Crippen LogP contribution is 2.17. The number of likely N-dealkylation sites (tertiary alicyclic amines) is 1. The molecular formula is C12H20N2O4. The summed E-state index contributed by atoms with van der Waals surface area (Å²) < 4.78 is 5.24. The predicted molar refractivity (Wildman–Crippen MR) is 64.3 cm³/mol. The fourth-order valence-electron chi connectivity index (χ4n) is 2.44. The molecule has 2 rings (SSSR count). The van der Waals surface area contributed by atoms with Crippen LogP contribution >= 0.6 is 0 Å². The van der Waals surface area contributed by atoms with Crippen molar-refractivity contribution in [2.45, 2.75) is 31.7 Å². The van der Waals surface area contributed by atoms with Crippen LogP contribution in [-0.2, 0) is 9.53 Å². The Balaban J connectivity index is 1.75. The van der Waals surface area contributed by atoms with Gasteiger partial charge in [-0.1, -0.05) is 0 Å². The van der Waals surface area contributed by atoms with Crippen LogP contribution in [-0.4, -0.2) is 54.4 Å². The number of carboxylic acids is 1. The minimum atomic E-state index is -0.750. The second-order valence-corrected chi connectivity index (χ2v) is 4.94. The number of hydrogen-bond acceptors (Lipinski definition) is 3. The maximum absolute atomic E-state index is 12.0. The van der Waals surface area contributed by atoms with Crippen molar-refractivity contribution in [1.29, 1.82) is 0 Å². The Morgan fingerprint density at radius 2 is 1.72 bits per heavy atom. The van der Waals surface area contributed by atoms with Gasteiger partial charge in [0.1, 0.15) is 0 Å². The van der Waals surface area contributed by atoms with Gasteiger partial charge in [0.15, 0.2) is 0 Å². The molecule has 0 radical (unpaired) electrons. The van der Waals surface area contributed by atoms with Gasteiger partial charge in [0.25, 0.3) is 0 Å². The van der Waals surface area contributed by atoms with Crippen LogP contribution in [0.1, 0.15) is 25.7 Å². The molecule has 2 aliphatic heterocycles. The smallest absolute Gasteiger partial charge is 0.317 e. The lowest BCUT2D eigenvalue weighted by Gasteiger charge is -2.32. The van der Waals surface area contributed by atoms with Gasteiger partial charge in [-0.25, -0.2) is 4.79 Å². The Morgan fingerprint density at radius 1 is 1.11 bits per heavy atom. The molecule has 18 heavy (non-hydrogen) atoms. The van der Waals surface area contributed by atoms with Gasteiger partial charge in [0, 0.05) is 32.3 Å². The molecule has 6 heteroatoms. The van der Waals surface area contributed by atoms with Gasteiger partial charge in [-0.05, 0) is 25.7 Å². The molecule has 0 aromatic rings. The molecule has 0 bridgehead atoms. The molecule has 2 amide bonds. The molecule has 2 N–H and O–H groups in total. The van der Waals surface area contributed by atoms with Crippen molar-refractivity contribution in [2.75, 3.05) is 26.3 Å². The summed E-state index contributed by atoms with van der Waals surface area (Å²) in [6.45, 7) is 2.47. The van der Waals surface area contributed by atoms with Crippen LogP contribution in [0.2, 0.25) is 0 Å². The summed E-state index contributed by atoms with van der Waals surface area (Å²) in [5.41, 5.74) is 0. The van der Waals surface area contributed by atoms with Crippen LogP contribution in [0, 0.1) is 5.92 Å². The molecule has 102 valence electrons. The Kier molecular flexibility index (Phi) is 4.41. The highest BCUT2D eigenvalue weighted by atomic mass is 16.5. The van der Waals surface area contributed by atoms with Crippen molar-refractivity contribution in [1.82, 2.24) is 10.2 Å². The Morgan fingerprint density at radius 3 is 2.28 bits per heavy atom. The van der Waals surface area contributed by atoms with E-state index in [0.29, 0.717) is 39.1 Å². The first-order valence-electron chi connectivity index (χ1n) is 6.53. The lowest BCUT2D eigenvalue weighted by atomic mass is 9.97. The normalized spacial score (nSPS) is 22.8. The van der Waals surface area contributed by atoms with Crippen LogP contribution in [0.25, 0.3) is 0 Å². The van der Waals surface area contributed by atoms with Gasteiger partial charge in [0.05, 0.1) is 5.92 Å². The summed E-state index contributed by atoms with van der Waals surface area (Å²) in [6, 6.07) is 0.134. The number of carboxylic acid groups (broad SMARTS) is 1. The molecule has 0 aliphatic carbocycles. The van der Waals surface area contributed by atoms with E-state index in [2.05, 4.69) is 5.32 Å². The summed E-state index contributed by atoms with van der Waals surface area (Å²) in [6.07, 6.45) is 2.82. The molecular weight excluding hydrogens is 236 g/mol. The molecule has 0 aromatic carbocycles. The fourth-order valence-corrected chi connectivity index (χ4v) is 2.44. The number of piperidine rings is 1. The molecule has 0 atom stereocenters. The third-order valence-corrected chi connectivity index (χ3v) is 3.68. The van der Waals surface area contributed by atoms with Crippen molar-refractivity contribution >= 4 is 12.0 Å². The Hall–Kier alpha value is -1.30. The highest BCUT2D eigenvalue weighted by molar-refractivity contribution is 5.75. The summed E-state index contributed by atoms with van der Waals surface area (Å²) in [7, 11) is 0. The Labute approximate surface area is 106 Å². The third-order valence-electron chi connectivity index (χ3n) is 3.68. The molecule has 0 saturated carbocycles. The van der Waals surface area contributed by atoms with Crippen LogP contribution in [0.3, 0.4) is 0 Å². The van der Waals surface area contributed by atoms with Crippen LogP contribution in [0.4, 0.5) is 4.79 Å². The average molecular weight is 256 g/mol. The van der Waals surface area contributed by atoms with E-state index < -0.39 is 5.97 Å². The quantitative estimate of drug-likeness (QED) is 0.761. The lowest BCUT2D eigenvalue weighted by molar-refractivity contribution is -0.143. The number of amides is 2. The van der Waals surface area contributed by atoms with E-state index in [1.54, 1.807) is 4.90 Å². The zero-order valence-corrected chi connectivity index (χ0v) is 10.4. The number of nitrogens with one attached hydrogen (secondary N) is 1. The summed E-state index contributed by atoms with van der Waals surface area (Å²) in [4.78, 5) is 24.5. The monoisotopic (exact) mass is 256 g/mol. The van der Waals surface area contributed by atoms with Gasteiger partial charge in [-0.3, -0.25) is 4.79 Å². The molecule has 2 fully saturated rings. The number of aliphatic carboxylic acids is 1. The number of hydrogen-bond donors (Lipinski definition) is 2. The average Bonchev–Trinajstić information content (AvgIpc) is 2.40. The number of ether oxygens (including phenoxy) is 1. The van der Waals surface area contributed by atoms with E-state index in [1.165, 1.54) is 0 Å². The third kappa shape index (κ3) is 3.35. The highest BCUT2D eigenvalue weighted by Gasteiger charge is 2.28. The van der Waals surface area contributed by atoms with Crippen molar-refractivity contribution in [3.63, 3.8) is 0 Å². The summed E-state index contributed by atoms with van der Waals surface area (Å²) in [5, 5.41) is 11.9. The van der Waals surface area contributed by atoms with Crippen molar-refractivity contribution in [3.8, 4) is 0 Å². The maximum atomic E-state index is 12.0. The molecule has 2 saturated heterocycles. The lowest BCUT2D eigenvalue weighted by Crippen LogP contribution is -2.49. The first kappa shape index (κ1) is 13.1. The molecule has 2 heterocycles. The summed E-state index contributed by atoms with van der Waals surface area (Å²) >= 11 is 0. The molecule has 0 aromatic heterocycles. The van der Waals surface area contributed by atoms with Gasteiger partial charge < -0.3 is 20.1 Å². The number of carbonyl (C=O) groups is 2. The SMILES string of the molecule is O=C(O)C1CCN(C(=O)NC2CCOCC2)CC1. The standard InChI is InChI=1S/C12H20N2O4/c15-11(16)9-1-5-14(6-2-9)12(17)13-10-3-7-18-8-4-10/h9-10H,1-8H2,(H,13,17)(H,15,16). The molecule has 0 unspecified atom stereocenters. The second-order valence-electron chi connectivity index (χ2n) is 4.94. The zero-order chi connectivity index (χ0) is 13.0. The van der Waals surface area contributed by atoms with E-state index in [4.69, 9.17) is 9.84 Å². The summed E-state index contributed by atoms with van der Waals surface area (Å²) in [5.74, 6) is -1.04. The minimum Gasteiger partial charge on any atom is -0.481 e.